The molecule has 2 aromatic rings. The van der Waals surface area contributed by atoms with Crippen molar-refractivity contribution in [2.45, 2.75) is 24.7 Å². The van der Waals surface area contributed by atoms with Gasteiger partial charge < -0.3 is 9.64 Å². The fourth-order valence-electron chi connectivity index (χ4n) is 3.44. The van der Waals surface area contributed by atoms with Crippen molar-refractivity contribution in [3.8, 4) is 5.75 Å². The largest absolute Gasteiger partial charge is 0.497 e. The summed E-state index contributed by atoms with van der Waals surface area (Å²) in [5, 5.41) is 0. The Kier molecular flexibility index (Phi) is 6.05. The van der Waals surface area contributed by atoms with Crippen molar-refractivity contribution < 1.29 is 17.9 Å². The Balaban J connectivity index is 1.76. The lowest BCUT2D eigenvalue weighted by Gasteiger charge is -2.33. The molecule has 28 heavy (non-hydrogen) atoms. The number of carbonyl (C=O) groups excluding carboxylic acids is 1. The molecule has 7 heteroatoms. The first-order chi connectivity index (χ1) is 13.3. The number of ether oxygens (including phenoxy) is 1. The van der Waals surface area contributed by atoms with Gasteiger partial charge in [-0.3, -0.25) is 4.79 Å². The lowest BCUT2D eigenvalue weighted by molar-refractivity contribution is -0.123. The summed E-state index contributed by atoms with van der Waals surface area (Å²) in [4.78, 5) is 14.9. The summed E-state index contributed by atoms with van der Waals surface area (Å²) in [7, 11) is -0.312. The van der Waals surface area contributed by atoms with Crippen LogP contribution in [0.2, 0.25) is 0 Å². The molecule has 1 aliphatic rings. The first kappa shape index (κ1) is 20.4. The van der Waals surface area contributed by atoms with Gasteiger partial charge in [0.15, 0.2) is 0 Å². The topological polar surface area (TPSA) is 66.9 Å². The number of hydrogen-bond donors (Lipinski definition) is 0. The SMILES string of the molecule is COc1cccc(N(C)C(=O)[C@H]2CCCN(S(=O)(=O)c3ccc(C)cc3)C2)c1. The summed E-state index contributed by atoms with van der Waals surface area (Å²) < 4.78 is 32.6. The maximum absolute atomic E-state index is 13.0. The fraction of sp³-hybridized carbons (Fsp3) is 0.381. The first-order valence-electron chi connectivity index (χ1n) is 9.31. The second-order valence-corrected chi connectivity index (χ2v) is 9.05. The molecule has 1 fully saturated rings. The zero-order valence-corrected chi connectivity index (χ0v) is 17.3. The van der Waals surface area contributed by atoms with Crippen molar-refractivity contribution in [3.05, 3.63) is 54.1 Å². The average molecular weight is 403 g/mol. The summed E-state index contributed by atoms with van der Waals surface area (Å²) in [6, 6.07) is 14.1. The van der Waals surface area contributed by atoms with Crippen LogP contribution in [0.3, 0.4) is 0 Å². The van der Waals surface area contributed by atoms with Crippen LogP contribution >= 0.6 is 0 Å². The number of benzene rings is 2. The standard InChI is InChI=1S/C21H26N2O4S/c1-16-9-11-20(12-10-16)28(25,26)23-13-5-6-17(15-23)21(24)22(2)18-7-4-8-19(14-18)27-3/h4,7-12,14,17H,5-6,13,15H2,1-3H3/t17-/m0/s1. The van der Waals surface area contributed by atoms with Crippen LogP contribution in [0.4, 0.5) is 5.69 Å². The summed E-state index contributed by atoms with van der Waals surface area (Å²) in [6.45, 7) is 2.55. The second-order valence-electron chi connectivity index (χ2n) is 7.11. The lowest BCUT2D eigenvalue weighted by Crippen LogP contribution is -2.45. The number of nitrogens with zero attached hydrogens (tertiary/aromatic N) is 2. The molecule has 1 heterocycles. The number of amides is 1. The van der Waals surface area contributed by atoms with Crippen LogP contribution in [0.25, 0.3) is 0 Å². The Bertz CT molecular complexity index is 941. The molecule has 1 atom stereocenters. The minimum atomic E-state index is -3.60. The van der Waals surface area contributed by atoms with Gasteiger partial charge in [-0.05, 0) is 44.0 Å². The molecule has 1 amide bonds. The van der Waals surface area contributed by atoms with Gasteiger partial charge in [-0.2, -0.15) is 4.31 Å². The molecular weight excluding hydrogens is 376 g/mol. The molecule has 0 aromatic heterocycles. The number of methoxy groups -OCH3 is 1. The van der Waals surface area contributed by atoms with E-state index in [-0.39, 0.29) is 23.3 Å². The Labute approximate surface area is 166 Å². The normalized spacial score (nSPS) is 17.9. The highest BCUT2D eigenvalue weighted by Crippen LogP contribution is 2.27. The number of hydrogen-bond acceptors (Lipinski definition) is 4. The average Bonchev–Trinajstić information content (AvgIpc) is 2.73. The van der Waals surface area contributed by atoms with E-state index in [0.29, 0.717) is 25.1 Å². The van der Waals surface area contributed by atoms with Gasteiger partial charge in [0.25, 0.3) is 0 Å². The zero-order valence-electron chi connectivity index (χ0n) is 16.5. The summed E-state index contributed by atoms with van der Waals surface area (Å²) in [5.74, 6) is 0.214. The minimum Gasteiger partial charge on any atom is -0.497 e. The smallest absolute Gasteiger partial charge is 0.243 e. The van der Waals surface area contributed by atoms with E-state index < -0.39 is 10.0 Å². The van der Waals surface area contributed by atoms with Gasteiger partial charge in [0.05, 0.1) is 17.9 Å². The minimum absolute atomic E-state index is 0.0861. The molecule has 1 saturated heterocycles. The van der Waals surface area contributed by atoms with Gasteiger partial charge in [0.1, 0.15) is 5.75 Å². The van der Waals surface area contributed by atoms with E-state index in [2.05, 4.69) is 0 Å². The van der Waals surface area contributed by atoms with Crippen molar-refractivity contribution in [3.63, 3.8) is 0 Å². The molecule has 2 aromatic carbocycles. The molecule has 3 rings (SSSR count). The van der Waals surface area contributed by atoms with Crippen LogP contribution in [-0.2, 0) is 14.8 Å². The van der Waals surface area contributed by atoms with Gasteiger partial charge in [-0.15, -0.1) is 0 Å². The molecule has 0 bridgehead atoms. The molecule has 0 aliphatic carbocycles. The van der Waals surface area contributed by atoms with Gasteiger partial charge >= 0.3 is 0 Å². The number of carbonyl (C=O) groups is 1. The van der Waals surface area contributed by atoms with E-state index in [4.69, 9.17) is 4.74 Å². The molecule has 0 saturated carbocycles. The third-order valence-corrected chi connectivity index (χ3v) is 7.04. The van der Waals surface area contributed by atoms with Gasteiger partial charge in [-0.25, -0.2) is 8.42 Å². The van der Waals surface area contributed by atoms with E-state index in [1.54, 1.807) is 49.4 Å². The van der Waals surface area contributed by atoms with Gasteiger partial charge in [-0.1, -0.05) is 23.8 Å². The van der Waals surface area contributed by atoms with E-state index in [0.717, 1.165) is 11.3 Å². The van der Waals surface area contributed by atoms with Crippen molar-refractivity contribution in [1.29, 1.82) is 0 Å². The van der Waals surface area contributed by atoms with Crippen LogP contribution in [-0.4, -0.2) is 45.9 Å². The number of sulfonamides is 1. The number of aryl methyl sites for hydroxylation is 1. The predicted molar refractivity (Wildman–Crippen MR) is 109 cm³/mol. The van der Waals surface area contributed by atoms with E-state index in [1.807, 2.05) is 25.1 Å². The van der Waals surface area contributed by atoms with Crippen molar-refractivity contribution in [1.82, 2.24) is 4.31 Å². The van der Waals surface area contributed by atoms with Crippen molar-refractivity contribution in [2.24, 2.45) is 5.92 Å². The summed E-state index contributed by atoms with van der Waals surface area (Å²) >= 11 is 0. The Hall–Kier alpha value is -2.38. The van der Waals surface area contributed by atoms with E-state index >= 15 is 0 Å². The van der Waals surface area contributed by atoms with E-state index in [9.17, 15) is 13.2 Å². The highest BCUT2D eigenvalue weighted by molar-refractivity contribution is 7.89. The Morgan fingerprint density at radius 2 is 1.89 bits per heavy atom. The maximum Gasteiger partial charge on any atom is 0.243 e. The number of rotatable bonds is 5. The van der Waals surface area contributed by atoms with Crippen LogP contribution in [0.1, 0.15) is 18.4 Å². The molecule has 0 spiro atoms. The van der Waals surface area contributed by atoms with E-state index in [1.165, 1.54) is 4.31 Å². The number of piperidine rings is 1. The van der Waals surface area contributed by atoms with Crippen LogP contribution in [0.15, 0.2) is 53.4 Å². The Morgan fingerprint density at radius 1 is 1.18 bits per heavy atom. The van der Waals surface area contributed by atoms with Crippen molar-refractivity contribution >= 4 is 21.6 Å². The van der Waals surface area contributed by atoms with Crippen LogP contribution < -0.4 is 9.64 Å². The van der Waals surface area contributed by atoms with Crippen LogP contribution in [0, 0.1) is 12.8 Å². The Morgan fingerprint density at radius 3 is 2.57 bits per heavy atom. The van der Waals surface area contributed by atoms with Crippen molar-refractivity contribution in [2.75, 3.05) is 32.1 Å². The summed E-state index contributed by atoms with van der Waals surface area (Å²) in [5.41, 5.74) is 1.73. The highest BCUT2D eigenvalue weighted by Gasteiger charge is 2.34. The molecule has 150 valence electrons. The number of anilines is 1. The first-order valence-corrected chi connectivity index (χ1v) is 10.8. The molecule has 0 radical (unpaired) electrons. The monoisotopic (exact) mass is 402 g/mol. The highest BCUT2D eigenvalue weighted by atomic mass is 32.2. The lowest BCUT2D eigenvalue weighted by atomic mass is 9.98. The molecule has 0 N–H and O–H groups in total. The van der Waals surface area contributed by atoms with Gasteiger partial charge in [0, 0.05) is 31.9 Å². The predicted octanol–water partition coefficient (Wildman–Crippen LogP) is 3.07. The maximum atomic E-state index is 13.0. The fourth-order valence-corrected chi connectivity index (χ4v) is 4.97. The third-order valence-electron chi connectivity index (χ3n) is 5.16. The molecule has 1 aliphatic heterocycles. The third kappa shape index (κ3) is 4.20. The molecule has 6 nitrogen and oxygen atoms in total. The van der Waals surface area contributed by atoms with Crippen LogP contribution in [0.5, 0.6) is 5.75 Å². The molecular formula is C21H26N2O4S. The quantitative estimate of drug-likeness (QED) is 0.771. The zero-order chi connectivity index (χ0) is 20.3. The summed E-state index contributed by atoms with van der Waals surface area (Å²) in [6.07, 6.45) is 1.33. The molecule has 0 unspecified atom stereocenters. The van der Waals surface area contributed by atoms with Gasteiger partial charge in [0.2, 0.25) is 15.9 Å². The second kappa shape index (κ2) is 8.32.